The number of carbonyl (C=O) groups is 1. The third kappa shape index (κ3) is 2.29. The fraction of sp³-hybridized carbons (Fsp3) is 0.222. The molecule has 1 amide bonds. The van der Waals surface area contributed by atoms with Crippen molar-refractivity contribution in [3.63, 3.8) is 0 Å². The van der Waals surface area contributed by atoms with Gasteiger partial charge in [0, 0.05) is 12.3 Å². The van der Waals surface area contributed by atoms with Gasteiger partial charge in [-0.2, -0.15) is 5.26 Å². The number of rotatable bonds is 2. The Bertz CT molecular complexity index is 919. The van der Waals surface area contributed by atoms with E-state index in [0.29, 0.717) is 10.6 Å². The molecule has 126 valence electrons. The molecule has 0 aliphatic carbocycles. The van der Waals surface area contributed by atoms with Crippen molar-refractivity contribution < 1.29 is 18.7 Å². The van der Waals surface area contributed by atoms with Crippen molar-refractivity contribution >= 4 is 17.7 Å². The van der Waals surface area contributed by atoms with E-state index >= 15 is 0 Å². The molecular formula is C18H13FN2O3S. The average molecular weight is 356 g/mol. The van der Waals surface area contributed by atoms with Crippen LogP contribution in [0.1, 0.15) is 23.7 Å². The number of halogens is 1. The summed E-state index contributed by atoms with van der Waals surface area (Å²) in [6, 6.07) is 11.5. The summed E-state index contributed by atoms with van der Waals surface area (Å²) in [7, 11) is 0. The molecule has 1 aromatic carbocycles. The molecule has 1 fully saturated rings. The van der Waals surface area contributed by atoms with Crippen LogP contribution in [0.5, 0.6) is 0 Å². The van der Waals surface area contributed by atoms with E-state index in [4.69, 9.17) is 4.42 Å². The maximum absolute atomic E-state index is 14.2. The number of allylic oxidation sites excluding steroid dienone is 1. The number of fused-ring (bicyclic) bond motifs is 1. The van der Waals surface area contributed by atoms with Crippen LogP contribution in [0.4, 0.5) is 4.39 Å². The Kier molecular flexibility index (Phi) is 3.67. The van der Waals surface area contributed by atoms with Crippen molar-refractivity contribution in [2.45, 2.75) is 18.1 Å². The first-order chi connectivity index (χ1) is 12.1. The largest absolute Gasteiger partial charge is 0.464 e. The van der Waals surface area contributed by atoms with Crippen molar-refractivity contribution in [1.29, 1.82) is 5.26 Å². The van der Waals surface area contributed by atoms with Crippen LogP contribution in [0.3, 0.4) is 0 Å². The Balaban J connectivity index is 1.85. The zero-order chi connectivity index (χ0) is 17.6. The van der Waals surface area contributed by atoms with E-state index in [-0.39, 0.29) is 29.4 Å². The number of hydrogen-bond donors (Lipinski definition) is 1. The highest BCUT2D eigenvalue weighted by atomic mass is 32.2. The average Bonchev–Trinajstić information content (AvgIpc) is 3.25. The molecular weight excluding hydrogens is 343 g/mol. The number of furan rings is 1. The molecule has 1 saturated heterocycles. The maximum atomic E-state index is 14.2. The zero-order valence-corrected chi connectivity index (χ0v) is 13.8. The molecule has 4 rings (SSSR count). The third-order valence-electron chi connectivity index (χ3n) is 4.51. The van der Waals surface area contributed by atoms with Crippen LogP contribution in [0, 0.1) is 17.1 Å². The zero-order valence-electron chi connectivity index (χ0n) is 13.0. The van der Waals surface area contributed by atoms with Gasteiger partial charge < -0.3 is 9.52 Å². The van der Waals surface area contributed by atoms with Crippen LogP contribution in [0.15, 0.2) is 57.7 Å². The van der Waals surface area contributed by atoms with E-state index < -0.39 is 17.5 Å². The van der Waals surface area contributed by atoms with Crippen molar-refractivity contribution in [2.24, 2.45) is 0 Å². The number of nitriles is 1. The standard InChI is InChI=1S/C18H13FN2O3S/c19-14-5-2-1-4-11(14)12-8-16(22)21-17(13(12)9-20)25-10-18(21,23)15-6-3-7-24-15/h1-7,12,23H,8,10H2/t12-,18+/m1/s1. The lowest BCUT2D eigenvalue weighted by Gasteiger charge is -2.36. The molecule has 0 bridgehead atoms. The van der Waals surface area contributed by atoms with Crippen molar-refractivity contribution in [3.05, 3.63) is 70.4 Å². The fourth-order valence-corrected chi connectivity index (χ4v) is 4.67. The van der Waals surface area contributed by atoms with Crippen LogP contribution in [0.25, 0.3) is 0 Å². The summed E-state index contributed by atoms with van der Waals surface area (Å²) >= 11 is 1.20. The smallest absolute Gasteiger partial charge is 0.231 e. The second-order valence-corrected chi connectivity index (χ2v) is 6.88. The van der Waals surface area contributed by atoms with Crippen molar-refractivity contribution in [2.75, 3.05) is 5.75 Å². The van der Waals surface area contributed by atoms with Gasteiger partial charge in [-0.05, 0) is 23.8 Å². The molecule has 2 aromatic rings. The van der Waals surface area contributed by atoms with E-state index in [1.165, 1.54) is 29.0 Å². The highest BCUT2D eigenvalue weighted by Crippen LogP contribution is 2.51. The van der Waals surface area contributed by atoms with E-state index in [1.807, 2.05) is 0 Å². The highest BCUT2D eigenvalue weighted by Gasteiger charge is 2.53. The molecule has 3 heterocycles. The van der Waals surface area contributed by atoms with Gasteiger partial charge >= 0.3 is 0 Å². The topological polar surface area (TPSA) is 77.5 Å². The van der Waals surface area contributed by atoms with Gasteiger partial charge in [-0.25, -0.2) is 4.39 Å². The lowest BCUT2D eigenvalue weighted by atomic mass is 9.85. The number of carbonyl (C=O) groups excluding carboxylic acids is 1. The summed E-state index contributed by atoms with van der Waals surface area (Å²) in [6.45, 7) is 0. The number of aliphatic hydroxyl groups is 1. The van der Waals surface area contributed by atoms with Gasteiger partial charge in [0.25, 0.3) is 0 Å². The Hall–Kier alpha value is -2.56. The predicted octanol–water partition coefficient (Wildman–Crippen LogP) is 3.06. The van der Waals surface area contributed by atoms with Gasteiger partial charge in [-0.15, -0.1) is 11.8 Å². The second-order valence-electron chi connectivity index (χ2n) is 5.92. The summed E-state index contributed by atoms with van der Waals surface area (Å²) < 4.78 is 19.5. The van der Waals surface area contributed by atoms with Crippen LogP contribution < -0.4 is 0 Å². The minimum atomic E-state index is -1.64. The Morgan fingerprint density at radius 3 is 2.84 bits per heavy atom. The lowest BCUT2D eigenvalue weighted by Crippen LogP contribution is -2.48. The predicted molar refractivity (Wildman–Crippen MR) is 88.3 cm³/mol. The molecule has 0 radical (unpaired) electrons. The number of amides is 1. The molecule has 2 aliphatic rings. The van der Waals surface area contributed by atoms with Crippen LogP contribution in [-0.2, 0) is 10.5 Å². The van der Waals surface area contributed by atoms with E-state index in [9.17, 15) is 19.6 Å². The Morgan fingerprint density at radius 2 is 2.16 bits per heavy atom. The Morgan fingerprint density at radius 1 is 1.36 bits per heavy atom. The highest BCUT2D eigenvalue weighted by molar-refractivity contribution is 8.03. The molecule has 2 aliphatic heterocycles. The number of thioether (sulfide) groups is 1. The van der Waals surface area contributed by atoms with Crippen LogP contribution in [0.2, 0.25) is 0 Å². The summed E-state index contributed by atoms with van der Waals surface area (Å²) in [5, 5.41) is 21.0. The summed E-state index contributed by atoms with van der Waals surface area (Å²) in [5.41, 5.74) is -1.03. The molecule has 0 spiro atoms. The first-order valence-electron chi connectivity index (χ1n) is 7.67. The summed E-state index contributed by atoms with van der Waals surface area (Å²) in [4.78, 5) is 14.0. The molecule has 1 aromatic heterocycles. The first kappa shape index (κ1) is 15.9. The normalized spacial score (nSPS) is 25.9. The SMILES string of the molecule is N#CC1=C2SC[C@](O)(c3ccco3)N2C(=O)C[C@@H]1c1ccccc1F. The maximum Gasteiger partial charge on any atom is 0.231 e. The van der Waals surface area contributed by atoms with E-state index in [1.54, 1.807) is 30.3 Å². The minimum absolute atomic E-state index is 0.0864. The molecule has 5 nitrogen and oxygen atoms in total. The van der Waals surface area contributed by atoms with Crippen LogP contribution >= 0.6 is 11.8 Å². The molecule has 25 heavy (non-hydrogen) atoms. The lowest BCUT2D eigenvalue weighted by molar-refractivity contribution is -0.152. The molecule has 0 unspecified atom stereocenters. The molecule has 0 saturated carbocycles. The molecule has 1 N–H and O–H groups in total. The van der Waals surface area contributed by atoms with Gasteiger partial charge in [0.1, 0.15) is 5.82 Å². The van der Waals surface area contributed by atoms with E-state index in [2.05, 4.69) is 6.07 Å². The van der Waals surface area contributed by atoms with Gasteiger partial charge in [0.05, 0.1) is 28.7 Å². The second kappa shape index (κ2) is 5.76. The summed E-state index contributed by atoms with van der Waals surface area (Å²) in [6.07, 6.45) is 1.33. The monoisotopic (exact) mass is 356 g/mol. The van der Waals surface area contributed by atoms with E-state index in [0.717, 1.165) is 0 Å². The molecule has 7 heteroatoms. The number of nitrogens with zero attached hydrogens (tertiary/aromatic N) is 2. The minimum Gasteiger partial charge on any atom is -0.464 e. The van der Waals surface area contributed by atoms with Crippen molar-refractivity contribution in [1.82, 2.24) is 4.90 Å². The van der Waals surface area contributed by atoms with Gasteiger partial charge in [-0.3, -0.25) is 9.69 Å². The number of benzene rings is 1. The third-order valence-corrected chi connectivity index (χ3v) is 5.73. The molecule has 2 atom stereocenters. The van der Waals surface area contributed by atoms with Crippen LogP contribution in [-0.4, -0.2) is 21.7 Å². The van der Waals surface area contributed by atoms with Gasteiger partial charge in [-0.1, -0.05) is 18.2 Å². The summed E-state index contributed by atoms with van der Waals surface area (Å²) in [5.74, 6) is -1.09. The van der Waals surface area contributed by atoms with Crippen molar-refractivity contribution in [3.8, 4) is 6.07 Å². The van der Waals surface area contributed by atoms with Gasteiger partial charge in [0.2, 0.25) is 11.6 Å². The quantitative estimate of drug-likeness (QED) is 0.895. The Labute approximate surface area is 147 Å². The number of hydrogen-bond acceptors (Lipinski definition) is 5. The van der Waals surface area contributed by atoms with Gasteiger partial charge in [0.15, 0.2) is 5.76 Å². The first-order valence-corrected chi connectivity index (χ1v) is 8.65. The fourth-order valence-electron chi connectivity index (χ4n) is 3.34.